The largest absolute Gasteiger partial charge is 0.324 e. The number of fused-ring (bicyclic) bond motifs is 1. The van der Waals surface area contributed by atoms with Crippen molar-refractivity contribution in [2.24, 2.45) is 5.73 Å². The Balaban J connectivity index is 1.77. The van der Waals surface area contributed by atoms with Crippen LogP contribution in [0.1, 0.15) is 35.1 Å². The highest BCUT2D eigenvalue weighted by atomic mass is 35.5. The summed E-state index contributed by atoms with van der Waals surface area (Å²) in [6, 6.07) is 14.1. The van der Waals surface area contributed by atoms with Crippen LogP contribution in [0, 0.1) is 0 Å². The van der Waals surface area contributed by atoms with Gasteiger partial charge in [0.05, 0.1) is 10.0 Å². The minimum atomic E-state index is -0.0652. The van der Waals surface area contributed by atoms with Crippen molar-refractivity contribution in [3.8, 4) is 0 Å². The van der Waals surface area contributed by atoms with Gasteiger partial charge in [-0.1, -0.05) is 59.6 Å². The monoisotopic (exact) mass is 291 g/mol. The van der Waals surface area contributed by atoms with Crippen molar-refractivity contribution in [1.82, 2.24) is 0 Å². The summed E-state index contributed by atoms with van der Waals surface area (Å²) in [4.78, 5) is 0. The first-order chi connectivity index (χ1) is 9.16. The molecule has 2 unspecified atom stereocenters. The van der Waals surface area contributed by atoms with Crippen LogP contribution in [0.3, 0.4) is 0 Å². The Morgan fingerprint density at radius 2 is 1.89 bits per heavy atom. The van der Waals surface area contributed by atoms with E-state index in [0.29, 0.717) is 16.0 Å². The minimum absolute atomic E-state index is 0.0652. The van der Waals surface area contributed by atoms with E-state index in [1.54, 1.807) is 6.07 Å². The fourth-order valence-electron chi connectivity index (χ4n) is 2.81. The standard InChI is InChI=1S/C16H15Cl2N/c17-14-7-3-6-13(16(14)18)15(19)9-11-8-10-4-1-2-5-12(10)11/h1-7,11,15H,8-9,19H2. The van der Waals surface area contributed by atoms with E-state index >= 15 is 0 Å². The van der Waals surface area contributed by atoms with Gasteiger partial charge in [0.2, 0.25) is 0 Å². The van der Waals surface area contributed by atoms with Crippen LogP contribution in [-0.4, -0.2) is 0 Å². The average Bonchev–Trinajstić information content (AvgIpc) is 2.39. The van der Waals surface area contributed by atoms with E-state index in [-0.39, 0.29) is 6.04 Å². The molecule has 0 amide bonds. The van der Waals surface area contributed by atoms with Gasteiger partial charge < -0.3 is 5.73 Å². The number of benzene rings is 2. The lowest BCUT2D eigenvalue weighted by atomic mass is 9.74. The minimum Gasteiger partial charge on any atom is -0.324 e. The molecule has 3 heteroatoms. The highest BCUT2D eigenvalue weighted by molar-refractivity contribution is 6.42. The van der Waals surface area contributed by atoms with Crippen LogP contribution in [0.5, 0.6) is 0 Å². The molecule has 1 aliphatic carbocycles. The summed E-state index contributed by atoms with van der Waals surface area (Å²) < 4.78 is 0. The van der Waals surface area contributed by atoms with Crippen molar-refractivity contribution in [3.05, 3.63) is 69.2 Å². The van der Waals surface area contributed by atoms with Crippen molar-refractivity contribution in [2.75, 3.05) is 0 Å². The number of nitrogens with two attached hydrogens (primary N) is 1. The molecule has 0 spiro atoms. The summed E-state index contributed by atoms with van der Waals surface area (Å²) in [7, 11) is 0. The average molecular weight is 292 g/mol. The Morgan fingerprint density at radius 3 is 2.68 bits per heavy atom. The zero-order valence-electron chi connectivity index (χ0n) is 10.4. The molecule has 0 bridgehead atoms. The molecule has 2 N–H and O–H groups in total. The van der Waals surface area contributed by atoms with Gasteiger partial charge in [-0.2, -0.15) is 0 Å². The summed E-state index contributed by atoms with van der Waals surface area (Å²) in [5, 5.41) is 1.16. The zero-order valence-corrected chi connectivity index (χ0v) is 12.0. The molecule has 0 heterocycles. The van der Waals surface area contributed by atoms with Gasteiger partial charge in [-0.05, 0) is 41.5 Å². The van der Waals surface area contributed by atoms with Crippen LogP contribution in [0.2, 0.25) is 10.0 Å². The lowest BCUT2D eigenvalue weighted by molar-refractivity contribution is 0.498. The number of hydrogen-bond donors (Lipinski definition) is 1. The van der Waals surface area contributed by atoms with Gasteiger partial charge in [-0.25, -0.2) is 0 Å². The maximum absolute atomic E-state index is 6.29. The van der Waals surface area contributed by atoms with E-state index in [1.165, 1.54) is 11.1 Å². The van der Waals surface area contributed by atoms with Gasteiger partial charge in [0.25, 0.3) is 0 Å². The second-order valence-corrected chi connectivity index (χ2v) is 5.87. The maximum Gasteiger partial charge on any atom is 0.0640 e. The topological polar surface area (TPSA) is 26.0 Å². The third kappa shape index (κ3) is 2.38. The lowest BCUT2D eigenvalue weighted by Crippen LogP contribution is -2.23. The van der Waals surface area contributed by atoms with Crippen LogP contribution in [-0.2, 0) is 6.42 Å². The van der Waals surface area contributed by atoms with Crippen LogP contribution >= 0.6 is 23.2 Å². The van der Waals surface area contributed by atoms with Crippen LogP contribution < -0.4 is 5.73 Å². The fraction of sp³-hybridized carbons (Fsp3) is 0.250. The van der Waals surface area contributed by atoms with Crippen molar-refractivity contribution >= 4 is 23.2 Å². The molecule has 0 radical (unpaired) electrons. The quantitative estimate of drug-likeness (QED) is 0.870. The predicted octanol–water partition coefficient (Wildman–Crippen LogP) is 4.72. The van der Waals surface area contributed by atoms with E-state index in [9.17, 15) is 0 Å². The van der Waals surface area contributed by atoms with Crippen molar-refractivity contribution in [3.63, 3.8) is 0 Å². The van der Waals surface area contributed by atoms with Gasteiger partial charge >= 0.3 is 0 Å². The highest BCUT2D eigenvalue weighted by Gasteiger charge is 2.28. The fourth-order valence-corrected chi connectivity index (χ4v) is 3.26. The van der Waals surface area contributed by atoms with Crippen LogP contribution in [0.4, 0.5) is 0 Å². The molecule has 1 aliphatic rings. The SMILES string of the molecule is NC(CC1Cc2ccccc21)c1cccc(Cl)c1Cl. The number of rotatable bonds is 3. The Morgan fingerprint density at radius 1 is 1.11 bits per heavy atom. The molecule has 98 valence electrons. The molecule has 0 saturated carbocycles. The molecule has 19 heavy (non-hydrogen) atoms. The Hall–Kier alpha value is -1.02. The molecule has 3 rings (SSSR count). The first-order valence-corrected chi connectivity index (χ1v) is 7.19. The molecule has 0 aromatic heterocycles. The van der Waals surface area contributed by atoms with Crippen molar-refractivity contribution in [1.29, 1.82) is 0 Å². The smallest absolute Gasteiger partial charge is 0.0640 e. The summed E-state index contributed by atoms with van der Waals surface area (Å²) in [6.07, 6.45) is 2.03. The molecule has 0 aliphatic heterocycles. The Bertz CT molecular complexity index is 609. The summed E-state index contributed by atoms with van der Waals surface area (Å²) in [5.41, 5.74) is 10.1. The number of halogens is 2. The van der Waals surface area contributed by atoms with Gasteiger partial charge in [0.15, 0.2) is 0 Å². The first kappa shape index (κ1) is 13.0. The molecule has 2 atom stereocenters. The van der Waals surface area contributed by atoms with Gasteiger partial charge in [0, 0.05) is 6.04 Å². The summed E-state index contributed by atoms with van der Waals surface area (Å²) in [6.45, 7) is 0. The third-order valence-electron chi connectivity index (χ3n) is 3.88. The van der Waals surface area contributed by atoms with E-state index in [0.717, 1.165) is 18.4 Å². The third-order valence-corrected chi connectivity index (χ3v) is 4.71. The van der Waals surface area contributed by atoms with Gasteiger partial charge in [-0.15, -0.1) is 0 Å². The molecular formula is C16H15Cl2N. The second kappa shape index (κ2) is 5.16. The molecular weight excluding hydrogens is 277 g/mol. The van der Waals surface area contributed by atoms with E-state index < -0.39 is 0 Å². The maximum atomic E-state index is 6.29. The highest BCUT2D eigenvalue weighted by Crippen LogP contribution is 2.41. The zero-order chi connectivity index (χ0) is 13.4. The summed E-state index contributed by atoms with van der Waals surface area (Å²) >= 11 is 12.3. The molecule has 0 fully saturated rings. The van der Waals surface area contributed by atoms with Crippen molar-refractivity contribution < 1.29 is 0 Å². The van der Waals surface area contributed by atoms with Crippen LogP contribution in [0.25, 0.3) is 0 Å². The summed E-state index contributed by atoms with van der Waals surface area (Å²) in [5.74, 6) is 0.543. The molecule has 1 nitrogen and oxygen atoms in total. The predicted molar refractivity (Wildman–Crippen MR) is 80.9 cm³/mol. The molecule has 0 saturated heterocycles. The van der Waals surface area contributed by atoms with Gasteiger partial charge in [0.1, 0.15) is 0 Å². The van der Waals surface area contributed by atoms with E-state index in [2.05, 4.69) is 24.3 Å². The molecule has 2 aromatic rings. The molecule has 2 aromatic carbocycles. The van der Waals surface area contributed by atoms with Crippen molar-refractivity contribution in [2.45, 2.75) is 24.8 Å². The lowest BCUT2D eigenvalue weighted by Gasteiger charge is -2.32. The Labute approximate surface area is 123 Å². The van der Waals surface area contributed by atoms with Crippen LogP contribution in [0.15, 0.2) is 42.5 Å². The van der Waals surface area contributed by atoms with E-state index in [1.807, 2.05) is 12.1 Å². The second-order valence-electron chi connectivity index (χ2n) is 5.09. The van der Waals surface area contributed by atoms with E-state index in [4.69, 9.17) is 28.9 Å². The van der Waals surface area contributed by atoms with Gasteiger partial charge in [-0.3, -0.25) is 0 Å². The normalized spacial score (nSPS) is 18.6. The Kier molecular flexibility index (Phi) is 3.53. The first-order valence-electron chi connectivity index (χ1n) is 6.44. The number of hydrogen-bond acceptors (Lipinski definition) is 1.